The Kier molecular flexibility index (Phi) is 7.18. The number of rotatable bonds is 6. The maximum atomic E-state index is 13.4. The largest absolute Gasteiger partial charge is 0.466 e. The molecule has 3 aliphatic heterocycles. The van der Waals surface area contributed by atoms with Gasteiger partial charge in [0.2, 0.25) is 5.91 Å². The van der Waals surface area contributed by atoms with Gasteiger partial charge in [0.1, 0.15) is 11.4 Å². The molecule has 3 amide bonds. The number of likely N-dealkylation sites (tertiary alicyclic amines) is 2. The molecule has 0 radical (unpaired) electrons. The van der Waals surface area contributed by atoms with E-state index in [1.165, 1.54) is 37.8 Å². The molecule has 3 aliphatic rings. The predicted molar refractivity (Wildman–Crippen MR) is 123 cm³/mol. The number of piperidine rings is 2. The molecule has 0 aromatic heterocycles. The Morgan fingerprint density at radius 1 is 1.12 bits per heavy atom. The first-order valence-corrected chi connectivity index (χ1v) is 11.8. The number of urea groups is 1. The molecular weight excluding hydrogens is 441 g/mol. The van der Waals surface area contributed by atoms with E-state index in [9.17, 15) is 18.8 Å². The van der Waals surface area contributed by atoms with Crippen LogP contribution in [0.4, 0.5) is 9.18 Å². The molecule has 184 valence electrons. The van der Waals surface area contributed by atoms with Crippen molar-refractivity contribution in [3.63, 3.8) is 0 Å². The number of methoxy groups -OCH3 is 1. The number of halogens is 1. The average Bonchev–Trinajstić information content (AvgIpc) is 2.84. The highest BCUT2D eigenvalue weighted by Crippen LogP contribution is 2.33. The van der Waals surface area contributed by atoms with E-state index < -0.39 is 29.4 Å². The number of benzene rings is 1. The van der Waals surface area contributed by atoms with Gasteiger partial charge in [-0.3, -0.25) is 14.6 Å². The Balaban J connectivity index is 1.56. The maximum absolute atomic E-state index is 13.4. The fraction of sp³-hybridized carbons (Fsp3) is 0.542. The second-order valence-corrected chi connectivity index (χ2v) is 9.19. The van der Waals surface area contributed by atoms with Gasteiger partial charge in [0.15, 0.2) is 0 Å². The molecule has 2 fully saturated rings. The van der Waals surface area contributed by atoms with Gasteiger partial charge < -0.3 is 21.1 Å². The number of hydrogen-bond acceptors (Lipinski definition) is 6. The first-order valence-electron chi connectivity index (χ1n) is 11.8. The summed E-state index contributed by atoms with van der Waals surface area (Å²) in [5, 5.41) is 5.50. The van der Waals surface area contributed by atoms with Crippen LogP contribution in [-0.2, 0) is 14.3 Å². The van der Waals surface area contributed by atoms with Crippen LogP contribution in [0.25, 0.3) is 0 Å². The molecule has 2 saturated heterocycles. The first kappa shape index (κ1) is 24.2. The smallest absolute Gasteiger partial charge is 0.338 e. The molecule has 0 saturated carbocycles. The number of ether oxygens (including phenoxy) is 1. The second-order valence-electron chi connectivity index (χ2n) is 9.19. The Hall–Kier alpha value is -2.98. The molecule has 1 aromatic rings. The molecule has 3 heterocycles. The maximum Gasteiger partial charge on any atom is 0.338 e. The van der Waals surface area contributed by atoms with Gasteiger partial charge in [0, 0.05) is 25.3 Å². The summed E-state index contributed by atoms with van der Waals surface area (Å²) < 4.78 is 18.5. The lowest BCUT2D eigenvalue weighted by Crippen LogP contribution is -2.63. The number of hydrogen-bond donors (Lipinski definition) is 3. The normalized spacial score (nSPS) is 23.7. The average molecular weight is 474 g/mol. The molecule has 1 unspecified atom stereocenters. The van der Waals surface area contributed by atoms with Crippen LogP contribution in [0.1, 0.15) is 43.7 Å². The third kappa shape index (κ3) is 4.78. The van der Waals surface area contributed by atoms with Gasteiger partial charge in [-0.05, 0) is 56.5 Å². The van der Waals surface area contributed by atoms with E-state index in [1.807, 2.05) is 0 Å². The molecule has 34 heavy (non-hydrogen) atoms. The number of primary amides is 1. The van der Waals surface area contributed by atoms with Gasteiger partial charge in [-0.1, -0.05) is 18.6 Å². The molecule has 10 heteroatoms. The third-order valence-electron chi connectivity index (χ3n) is 7.25. The van der Waals surface area contributed by atoms with Gasteiger partial charge in [0.25, 0.3) is 0 Å². The van der Waals surface area contributed by atoms with Crippen molar-refractivity contribution in [2.75, 3.05) is 39.8 Å². The van der Waals surface area contributed by atoms with E-state index in [0.29, 0.717) is 43.7 Å². The van der Waals surface area contributed by atoms with Crippen molar-refractivity contribution in [2.45, 2.75) is 43.7 Å². The van der Waals surface area contributed by atoms with Crippen LogP contribution >= 0.6 is 0 Å². The van der Waals surface area contributed by atoms with Crippen LogP contribution in [0.3, 0.4) is 0 Å². The van der Waals surface area contributed by atoms with Crippen molar-refractivity contribution in [3.05, 3.63) is 46.9 Å². The van der Waals surface area contributed by atoms with Gasteiger partial charge >= 0.3 is 12.0 Å². The molecule has 0 aliphatic carbocycles. The van der Waals surface area contributed by atoms with Gasteiger partial charge in [-0.2, -0.15) is 0 Å². The topological polar surface area (TPSA) is 117 Å². The molecular formula is C24H32FN5O4. The highest BCUT2D eigenvalue weighted by molar-refractivity contribution is 5.95. The van der Waals surface area contributed by atoms with Crippen LogP contribution < -0.4 is 16.4 Å². The zero-order valence-corrected chi connectivity index (χ0v) is 19.4. The lowest BCUT2D eigenvalue weighted by atomic mass is 9.83. The summed E-state index contributed by atoms with van der Waals surface area (Å²) in [6.45, 7) is 3.26. The Bertz CT molecular complexity index is 966. The summed E-state index contributed by atoms with van der Waals surface area (Å²) in [6.07, 6.45) is 4.49. The summed E-state index contributed by atoms with van der Waals surface area (Å²) in [5.41, 5.74) is 6.53. The molecule has 9 nitrogen and oxygen atoms in total. The fourth-order valence-electron chi connectivity index (χ4n) is 5.34. The molecule has 1 aromatic carbocycles. The van der Waals surface area contributed by atoms with E-state index in [1.54, 1.807) is 0 Å². The molecule has 4 rings (SSSR count). The SMILES string of the molecule is COC(=O)C1=C(CN2CCC(C(N)=O)(N3CCCCC3)CC2)NC(=O)NC1c1ccc(F)cc1. The summed E-state index contributed by atoms with van der Waals surface area (Å²) in [6, 6.07) is 4.42. The number of nitrogens with one attached hydrogen (secondary N) is 2. The molecule has 4 N–H and O–H groups in total. The van der Waals surface area contributed by atoms with Crippen molar-refractivity contribution in [2.24, 2.45) is 5.73 Å². The number of nitrogens with zero attached hydrogens (tertiary/aromatic N) is 2. The van der Waals surface area contributed by atoms with Crippen molar-refractivity contribution >= 4 is 17.9 Å². The number of amides is 3. The number of esters is 1. The van der Waals surface area contributed by atoms with Gasteiger partial charge in [0.05, 0.1) is 18.7 Å². The Labute approximate surface area is 198 Å². The number of carbonyl (C=O) groups is 3. The van der Waals surface area contributed by atoms with Crippen LogP contribution in [-0.4, -0.2) is 73.1 Å². The van der Waals surface area contributed by atoms with Crippen LogP contribution in [0.5, 0.6) is 0 Å². The van der Waals surface area contributed by atoms with Crippen LogP contribution in [0.2, 0.25) is 0 Å². The van der Waals surface area contributed by atoms with Crippen molar-refractivity contribution < 1.29 is 23.5 Å². The zero-order valence-electron chi connectivity index (χ0n) is 19.4. The minimum absolute atomic E-state index is 0.275. The van der Waals surface area contributed by atoms with Crippen molar-refractivity contribution in [3.8, 4) is 0 Å². The monoisotopic (exact) mass is 473 g/mol. The highest BCUT2D eigenvalue weighted by atomic mass is 19.1. The summed E-state index contributed by atoms with van der Waals surface area (Å²) in [4.78, 5) is 42.1. The number of carbonyl (C=O) groups excluding carboxylic acids is 3. The first-order chi connectivity index (χ1) is 16.3. The minimum Gasteiger partial charge on any atom is -0.466 e. The van der Waals surface area contributed by atoms with Crippen molar-refractivity contribution in [1.29, 1.82) is 0 Å². The van der Waals surface area contributed by atoms with Crippen molar-refractivity contribution in [1.82, 2.24) is 20.4 Å². The summed E-state index contributed by atoms with van der Waals surface area (Å²) in [7, 11) is 1.28. The van der Waals surface area contributed by atoms with E-state index in [4.69, 9.17) is 10.5 Å². The minimum atomic E-state index is -0.764. The van der Waals surface area contributed by atoms with E-state index >= 15 is 0 Å². The predicted octanol–water partition coefficient (Wildman–Crippen LogP) is 1.41. The van der Waals surface area contributed by atoms with Crippen LogP contribution in [0.15, 0.2) is 35.5 Å². The van der Waals surface area contributed by atoms with Crippen LogP contribution in [0, 0.1) is 5.82 Å². The fourth-order valence-corrected chi connectivity index (χ4v) is 5.34. The molecule has 0 bridgehead atoms. The lowest BCUT2D eigenvalue weighted by Gasteiger charge is -2.48. The molecule has 1 atom stereocenters. The second kappa shape index (κ2) is 10.1. The van der Waals surface area contributed by atoms with E-state index in [0.717, 1.165) is 25.9 Å². The van der Waals surface area contributed by atoms with E-state index in [2.05, 4.69) is 20.4 Å². The third-order valence-corrected chi connectivity index (χ3v) is 7.25. The van der Waals surface area contributed by atoms with Gasteiger partial charge in [-0.25, -0.2) is 14.0 Å². The van der Waals surface area contributed by atoms with Gasteiger partial charge in [-0.15, -0.1) is 0 Å². The Morgan fingerprint density at radius 2 is 1.76 bits per heavy atom. The van der Waals surface area contributed by atoms with E-state index in [-0.39, 0.29) is 11.5 Å². The molecule has 0 spiro atoms. The zero-order chi connectivity index (χ0) is 24.3. The quantitative estimate of drug-likeness (QED) is 0.538. The standard InChI is InChI=1S/C24H32FN5O4/c1-34-21(31)19-18(27-23(33)28-20(19)16-5-7-17(25)8-6-16)15-29-13-9-24(10-14-29,22(26)32)30-11-3-2-4-12-30/h5-8,20H,2-4,9-15H2,1H3,(H2,26,32)(H2,27,28,33). The summed E-state index contributed by atoms with van der Waals surface area (Å²) in [5.74, 6) is -1.27. The lowest BCUT2D eigenvalue weighted by molar-refractivity contribution is -0.136. The summed E-state index contributed by atoms with van der Waals surface area (Å²) >= 11 is 0. The number of nitrogens with two attached hydrogens (primary N) is 1. The Morgan fingerprint density at radius 3 is 2.35 bits per heavy atom. The highest BCUT2D eigenvalue weighted by Gasteiger charge is 2.45.